The summed E-state index contributed by atoms with van der Waals surface area (Å²) in [4.78, 5) is 4.84. The van der Waals surface area contributed by atoms with Crippen molar-refractivity contribution in [2.75, 3.05) is 9.80 Å². The summed E-state index contributed by atoms with van der Waals surface area (Å²) < 4.78 is 7.37. The van der Waals surface area contributed by atoms with Crippen LogP contribution in [0.3, 0.4) is 0 Å². The number of benzene rings is 9. The summed E-state index contributed by atoms with van der Waals surface area (Å²) in [5, 5.41) is 2.35. The summed E-state index contributed by atoms with van der Waals surface area (Å²) in [5.41, 5.74) is 16.2. The summed E-state index contributed by atoms with van der Waals surface area (Å²) in [6, 6.07) is 74.7. The van der Waals surface area contributed by atoms with Crippen molar-refractivity contribution < 1.29 is 4.74 Å². The van der Waals surface area contributed by atoms with Crippen LogP contribution < -0.4 is 30.9 Å². The second-order valence-corrected chi connectivity index (χ2v) is 16.9. The quantitative estimate of drug-likeness (QED) is 0.157. The van der Waals surface area contributed by atoms with Gasteiger partial charge in [-0.25, -0.2) is 0 Å². The Morgan fingerprint density at radius 2 is 0.967 bits per heavy atom. The first-order valence-electron chi connectivity index (χ1n) is 20.9. The molecule has 9 aromatic rings. The third kappa shape index (κ3) is 5.98. The fourth-order valence-corrected chi connectivity index (χ4v) is 9.32. The number of hydrogen-bond acceptors (Lipinski definition) is 3. The lowest BCUT2D eigenvalue weighted by Gasteiger charge is -2.42. The van der Waals surface area contributed by atoms with E-state index in [4.69, 9.17) is 4.74 Å². The summed E-state index contributed by atoms with van der Waals surface area (Å²) in [5.74, 6) is 1.79. The lowest BCUT2D eigenvalue weighted by atomic mass is 9.33. The van der Waals surface area contributed by atoms with Crippen LogP contribution in [-0.2, 0) is 5.41 Å². The fourth-order valence-electron chi connectivity index (χ4n) is 9.32. The SMILES string of the molecule is CC(C)(C)c1cc2c3c(c1)N(c1ccc(-c4ccccc4)cc1)c1ccc(-c4ccccc4)cc1B3c1c(cc(N(c3ccccc3)c3ccccc3)c3ccccc13)O2. The maximum absolute atomic E-state index is 7.37. The third-order valence-electron chi connectivity index (χ3n) is 12.2. The van der Waals surface area contributed by atoms with Crippen LogP contribution in [0.15, 0.2) is 206 Å². The number of fused-ring (bicyclic) bond motifs is 6. The molecule has 9 aromatic carbocycles. The normalized spacial score (nSPS) is 12.7. The molecular formula is C56H43BN2O. The van der Waals surface area contributed by atoms with Gasteiger partial charge >= 0.3 is 0 Å². The minimum atomic E-state index is -0.128. The molecule has 60 heavy (non-hydrogen) atoms. The van der Waals surface area contributed by atoms with E-state index < -0.39 is 0 Å². The molecule has 0 amide bonds. The van der Waals surface area contributed by atoms with Crippen molar-refractivity contribution in [1.29, 1.82) is 0 Å². The zero-order chi connectivity index (χ0) is 40.4. The van der Waals surface area contributed by atoms with E-state index >= 15 is 0 Å². The molecule has 0 fully saturated rings. The molecule has 286 valence electrons. The van der Waals surface area contributed by atoms with Crippen LogP contribution in [-0.4, -0.2) is 6.71 Å². The highest BCUT2D eigenvalue weighted by atomic mass is 16.5. The van der Waals surface area contributed by atoms with E-state index in [0.717, 1.165) is 39.9 Å². The average molecular weight is 771 g/mol. The summed E-state index contributed by atoms with van der Waals surface area (Å²) in [7, 11) is 0. The van der Waals surface area contributed by atoms with Crippen LogP contribution in [0.5, 0.6) is 11.5 Å². The van der Waals surface area contributed by atoms with Crippen molar-refractivity contribution in [1.82, 2.24) is 0 Å². The number of rotatable bonds is 6. The maximum Gasteiger partial charge on any atom is 0.257 e. The molecule has 0 atom stereocenters. The van der Waals surface area contributed by atoms with Gasteiger partial charge in [-0.15, -0.1) is 0 Å². The minimum absolute atomic E-state index is 0.0906. The first kappa shape index (κ1) is 35.8. The van der Waals surface area contributed by atoms with Crippen molar-refractivity contribution in [3.05, 3.63) is 212 Å². The highest BCUT2D eigenvalue weighted by molar-refractivity contribution is 7.00. The largest absolute Gasteiger partial charge is 0.458 e. The number of hydrogen-bond donors (Lipinski definition) is 0. The molecule has 4 heteroatoms. The Morgan fingerprint density at radius 3 is 1.58 bits per heavy atom. The Bertz CT molecular complexity index is 2990. The molecule has 0 N–H and O–H groups in total. The van der Waals surface area contributed by atoms with E-state index in [2.05, 4.69) is 237 Å². The van der Waals surface area contributed by atoms with Gasteiger partial charge in [0.05, 0.1) is 5.69 Å². The second kappa shape index (κ2) is 14.2. The van der Waals surface area contributed by atoms with Gasteiger partial charge in [0.1, 0.15) is 11.5 Å². The van der Waals surface area contributed by atoms with Crippen LogP contribution in [0.2, 0.25) is 0 Å². The number of para-hydroxylation sites is 2. The van der Waals surface area contributed by atoms with Gasteiger partial charge in [0, 0.05) is 39.9 Å². The predicted octanol–water partition coefficient (Wildman–Crippen LogP) is 13.3. The molecule has 3 nitrogen and oxygen atoms in total. The molecular weight excluding hydrogens is 727 g/mol. The smallest absolute Gasteiger partial charge is 0.257 e. The Labute approximate surface area is 352 Å². The van der Waals surface area contributed by atoms with E-state index in [0.29, 0.717) is 0 Å². The molecule has 11 rings (SSSR count). The molecule has 0 spiro atoms. The molecule has 0 aliphatic carbocycles. The standard InChI is InChI=1S/C56H43BN2O/c1-56(2,3)42-35-51-55-52(36-42)60-53-37-50(58(43-22-12-6-13-23-43)44-24-14-7-15-25-44)46-26-16-17-27-47(46)54(53)57(55)48-34-41(39-20-10-5-11-21-39)30-33-49(48)59(51)45-31-28-40(29-32-45)38-18-8-4-9-19-38/h4-37H,1-3H3. The number of nitrogens with zero attached hydrogens (tertiary/aromatic N) is 2. The van der Waals surface area contributed by atoms with E-state index in [9.17, 15) is 0 Å². The molecule has 2 aliphatic rings. The summed E-state index contributed by atoms with van der Waals surface area (Å²) in [6.45, 7) is 6.79. The third-order valence-corrected chi connectivity index (χ3v) is 12.2. The van der Waals surface area contributed by atoms with Crippen LogP contribution in [0.1, 0.15) is 26.3 Å². The Hall–Kier alpha value is -7.30. The van der Waals surface area contributed by atoms with Gasteiger partial charge in [0.2, 0.25) is 0 Å². The van der Waals surface area contributed by atoms with Crippen LogP contribution in [0.25, 0.3) is 33.0 Å². The lowest BCUT2D eigenvalue weighted by molar-refractivity contribution is 0.484. The lowest BCUT2D eigenvalue weighted by Crippen LogP contribution is -2.60. The van der Waals surface area contributed by atoms with Crippen LogP contribution in [0.4, 0.5) is 34.1 Å². The van der Waals surface area contributed by atoms with Gasteiger partial charge < -0.3 is 14.5 Å². The topological polar surface area (TPSA) is 15.7 Å². The van der Waals surface area contributed by atoms with Crippen LogP contribution >= 0.6 is 0 Å². The molecule has 2 heterocycles. The van der Waals surface area contributed by atoms with E-state index in [1.54, 1.807) is 0 Å². The summed E-state index contributed by atoms with van der Waals surface area (Å²) >= 11 is 0. The Kier molecular flexibility index (Phi) is 8.49. The summed E-state index contributed by atoms with van der Waals surface area (Å²) in [6.07, 6.45) is 0. The second-order valence-electron chi connectivity index (χ2n) is 16.9. The monoisotopic (exact) mass is 770 g/mol. The molecule has 0 saturated heterocycles. The average Bonchev–Trinajstić information content (AvgIpc) is 3.30. The van der Waals surface area contributed by atoms with Gasteiger partial charge in [0.25, 0.3) is 6.71 Å². The Balaban J connectivity index is 1.19. The van der Waals surface area contributed by atoms with Gasteiger partial charge in [-0.2, -0.15) is 0 Å². The first-order valence-corrected chi connectivity index (χ1v) is 20.9. The maximum atomic E-state index is 7.37. The van der Waals surface area contributed by atoms with E-state index in [-0.39, 0.29) is 12.1 Å². The zero-order valence-electron chi connectivity index (χ0n) is 34.0. The van der Waals surface area contributed by atoms with Gasteiger partial charge in [0.15, 0.2) is 0 Å². The van der Waals surface area contributed by atoms with Crippen molar-refractivity contribution >= 4 is 68.0 Å². The molecule has 0 saturated carbocycles. The predicted molar refractivity (Wildman–Crippen MR) is 254 cm³/mol. The Morgan fingerprint density at radius 1 is 0.450 bits per heavy atom. The van der Waals surface area contributed by atoms with Crippen LogP contribution in [0, 0.1) is 0 Å². The van der Waals surface area contributed by atoms with Crippen molar-refractivity contribution in [3.8, 4) is 33.8 Å². The fraction of sp³-hybridized carbons (Fsp3) is 0.0714. The first-order chi connectivity index (χ1) is 29.4. The van der Waals surface area contributed by atoms with E-state index in [1.807, 2.05) is 0 Å². The molecule has 0 radical (unpaired) electrons. The van der Waals surface area contributed by atoms with Crippen molar-refractivity contribution in [2.45, 2.75) is 26.2 Å². The van der Waals surface area contributed by atoms with Crippen molar-refractivity contribution in [3.63, 3.8) is 0 Å². The zero-order valence-corrected chi connectivity index (χ0v) is 34.0. The molecule has 0 unspecified atom stereocenters. The molecule has 0 bridgehead atoms. The number of ether oxygens (including phenoxy) is 1. The van der Waals surface area contributed by atoms with Gasteiger partial charge in [-0.3, -0.25) is 0 Å². The van der Waals surface area contributed by atoms with Crippen molar-refractivity contribution in [2.24, 2.45) is 0 Å². The minimum Gasteiger partial charge on any atom is -0.458 e. The van der Waals surface area contributed by atoms with Gasteiger partial charge in [-0.1, -0.05) is 166 Å². The van der Waals surface area contributed by atoms with Gasteiger partial charge in [-0.05, 0) is 110 Å². The highest BCUT2D eigenvalue weighted by Gasteiger charge is 2.44. The molecule has 0 aromatic heterocycles. The highest BCUT2D eigenvalue weighted by Crippen LogP contribution is 2.47. The number of anilines is 6. The van der Waals surface area contributed by atoms with E-state index in [1.165, 1.54) is 60.7 Å². The molecule has 2 aliphatic heterocycles.